The molecule has 172 valence electrons. The summed E-state index contributed by atoms with van der Waals surface area (Å²) in [5, 5.41) is 3.00. The van der Waals surface area contributed by atoms with Crippen LogP contribution in [-0.4, -0.2) is 33.5 Å². The molecule has 33 heavy (non-hydrogen) atoms. The Balaban J connectivity index is 1.31. The van der Waals surface area contributed by atoms with Crippen molar-refractivity contribution in [3.63, 3.8) is 0 Å². The van der Waals surface area contributed by atoms with E-state index in [-0.39, 0.29) is 11.7 Å². The Labute approximate surface area is 193 Å². The van der Waals surface area contributed by atoms with E-state index in [1.165, 1.54) is 12.1 Å². The first-order valence-electron chi connectivity index (χ1n) is 11.4. The Bertz CT molecular complexity index is 1080. The molecule has 7 heteroatoms. The molecule has 1 aliphatic carbocycles. The van der Waals surface area contributed by atoms with E-state index in [4.69, 9.17) is 9.72 Å². The van der Waals surface area contributed by atoms with Crippen LogP contribution in [0.15, 0.2) is 55.0 Å². The van der Waals surface area contributed by atoms with Crippen molar-refractivity contribution in [3.05, 3.63) is 72.3 Å². The van der Waals surface area contributed by atoms with Gasteiger partial charge in [-0.1, -0.05) is 6.07 Å². The molecule has 2 heterocycles. The van der Waals surface area contributed by atoms with Gasteiger partial charge in [0.2, 0.25) is 0 Å². The molecule has 4 rings (SSSR count). The number of carbonyl (C=O) groups excluding carboxylic acids is 1. The molecule has 1 aliphatic rings. The minimum absolute atomic E-state index is 0.187. The quantitative estimate of drug-likeness (QED) is 0.559. The molecule has 3 aromatic rings. The van der Waals surface area contributed by atoms with Gasteiger partial charge >= 0.3 is 0 Å². The highest BCUT2D eigenvalue weighted by Crippen LogP contribution is 2.38. The van der Waals surface area contributed by atoms with Crippen LogP contribution in [0.5, 0.6) is 5.75 Å². The fraction of sp³-hybridized carbons (Fsp3) is 0.385. The molecular weight excluding hydrogens is 419 g/mol. The molecule has 1 fully saturated rings. The Morgan fingerprint density at radius 3 is 2.67 bits per heavy atom. The van der Waals surface area contributed by atoms with Crippen LogP contribution in [0, 0.1) is 18.7 Å². The van der Waals surface area contributed by atoms with Crippen LogP contribution in [0.2, 0.25) is 0 Å². The van der Waals surface area contributed by atoms with Crippen LogP contribution in [0.3, 0.4) is 0 Å². The number of halogens is 1. The summed E-state index contributed by atoms with van der Waals surface area (Å²) in [6.07, 6.45) is 8.88. The number of benzene rings is 1. The van der Waals surface area contributed by atoms with Gasteiger partial charge in [-0.25, -0.2) is 14.4 Å². The van der Waals surface area contributed by atoms with Crippen molar-refractivity contribution < 1.29 is 13.9 Å². The van der Waals surface area contributed by atoms with Gasteiger partial charge in [0.1, 0.15) is 17.4 Å². The highest BCUT2D eigenvalue weighted by atomic mass is 19.1. The van der Waals surface area contributed by atoms with Gasteiger partial charge in [-0.05, 0) is 75.3 Å². The van der Waals surface area contributed by atoms with Gasteiger partial charge in [0.05, 0.1) is 5.69 Å². The SMILES string of the molecule is Cc1ncc(-c2ccncc2)c(C2CCC(CNC(=O)[C@H](C)Oc3cccc(F)c3)CC2)n1. The van der Waals surface area contributed by atoms with Gasteiger partial charge < -0.3 is 10.1 Å². The van der Waals surface area contributed by atoms with E-state index in [9.17, 15) is 9.18 Å². The summed E-state index contributed by atoms with van der Waals surface area (Å²) >= 11 is 0. The zero-order chi connectivity index (χ0) is 23.2. The number of pyridine rings is 1. The number of hydrogen-bond acceptors (Lipinski definition) is 5. The smallest absolute Gasteiger partial charge is 0.260 e. The molecule has 1 aromatic carbocycles. The summed E-state index contributed by atoms with van der Waals surface area (Å²) in [6, 6.07) is 9.81. The summed E-state index contributed by atoms with van der Waals surface area (Å²) in [5.41, 5.74) is 3.26. The number of aromatic nitrogens is 3. The summed E-state index contributed by atoms with van der Waals surface area (Å²) in [6.45, 7) is 4.21. The standard InChI is InChI=1S/C26H29FN4O2/c1-17(33-23-5-3-4-22(27)14-23)26(32)30-15-19-6-8-21(9-7-19)25-24(16-29-18(2)31-25)20-10-12-28-13-11-20/h3-5,10-14,16-17,19,21H,6-9,15H2,1-2H3,(H,30,32)/t17-,19?,21?/m0/s1. The molecule has 1 N–H and O–H groups in total. The molecule has 0 radical (unpaired) electrons. The van der Waals surface area contributed by atoms with E-state index in [1.54, 1.807) is 31.5 Å². The van der Waals surface area contributed by atoms with Crippen molar-refractivity contribution in [3.8, 4) is 16.9 Å². The molecule has 6 nitrogen and oxygen atoms in total. The number of nitrogens with zero attached hydrogens (tertiary/aromatic N) is 3. The van der Waals surface area contributed by atoms with Gasteiger partial charge in [-0.15, -0.1) is 0 Å². The predicted molar refractivity (Wildman–Crippen MR) is 124 cm³/mol. The van der Waals surface area contributed by atoms with Crippen molar-refractivity contribution in [2.24, 2.45) is 5.92 Å². The third kappa shape index (κ3) is 5.92. The third-order valence-corrected chi connectivity index (χ3v) is 6.21. The van der Waals surface area contributed by atoms with Crippen molar-refractivity contribution in [2.45, 2.75) is 51.6 Å². The summed E-state index contributed by atoms with van der Waals surface area (Å²) in [5.74, 6) is 1.35. The van der Waals surface area contributed by atoms with Gasteiger partial charge in [0.25, 0.3) is 5.91 Å². The first kappa shape index (κ1) is 22.8. The summed E-state index contributed by atoms with van der Waals surface area (Å²) < 4.78 is 18.9. The lowest BCUT2D eigenvalue weighted by Crippen LogP contribution is -2.39. The lowest BCUT2D eigenvalue weighted by Gasteiger charge is -2.29. The Hall–Kier alpha value is -3.35. The molecule has 0 saturated heterocycles. The van der Waals surface area contributed by atoms with Crippen LogP contribution >= 0.6 is 0 Å². The molecular formula is C26H29FN4O2. The van der Waals surface area contributed by atoms with Crippen LogP contribution < -0.4 is 10.1 Å². The molecule has 2 aromatic heterocycles. The second-order valence-electron chi connectivity index (χ2n) is 8.63. The minimum Gasteiger partial charge on any atom is -0.481 e. The largest absolute Gasteiger partial charge is 0.481 e. The molecule has 0 bridgehead atoms. The van der Waals surface area contributed by atoms with Crippen molar-refractivity contribution in [1.82, 2.24) is 20.3 Å². The van der Waals surface area contributed by atoms with E-state index in [1.807, 2.05) is 25.3 Å². The molecule has 1 saturated carbocycles. The van der Waals surface area contributed by atoms with Gasteiger partial charge in [-0.3, -0.25) is 9.78 Å². The monoisotopic (exact) mass is 448 g/mol. The first-order chi connectivity index (χ1) is 16.0. The maximum Gasteiger partial charge on any atom is 0.260 e. The normalized spacial score (nSPS) is 19.0. The second kappa shape index (κ2) is 10.5. The zero-order valence-corrected chi connectivity index (χ0v) is 19.0. The zero-order valence-electron chi connectivity index (χ0n) is 19.0. The van der Waals surface area contributed by atoms with E-state index >= 15 is 0 Å². The fourth-order valence-corrected chi connectivity index (χ4v) is 4.38. The number of nitrogens with one attached hydrogen (secondary N) is 1. The number of aryl methyl sites for hydroxylation is 1. The molecule has 1 atom stereocenters. The highest BCUT2D eigenvalue weighted by Gasteiger charge is 2.27. The Morgan fingerprint density at radius 2 is 1.94 bits per heavy atom. The fourth-order valence-electron chi connectivity index (χ4n) is 4.38. The second-order valence-corrected chi connectivity index (χ2v) is 8.63. The average Bonchev–Trinajstić information content (AvgIpc) is 2.83. The number of carbonyl (C=O) groups is 1. The molecule has 0 unspecified atom stereocenters. The van der Waals surface area contributed by atoms with E-state index in [0.717, 1.165) is 48.3 Å². The van der Waals surface area contributed by atoms with Gasteiger partial charge in [0.15, 0.2) is 6.10 Å². The van der Waals surface area contributed by atoms with Crippen LogP contribution in [-0.2, 0) is 4.79 Å². The maximum absolute atomic E-state index is 13.3. The van der Waals surface area contributed by atoms with Gasteiger partial charge in [0, 0.05) is 42.7 Å². The Morgan fingerprint density at radius 1 is 1.18 bits per heavy atom. The minimum atomic E-state index is -0.685. The van der Waals surface area contributed by atoms with Crippen LogP contribution in [0.25, 0.3) is 11.1 Å². The lowest BCUT2D eigenvalue weighted by molar-refractivity contribution is -0.127. The highest BCUT2D eigenvalue weighted by molar-refractivity contribution is 5.80. The van der Waals surface area contributed by atoms with E-state index < -0.39 is 6.10 Å². The Kier molecular flexibility index (Phi) is 7.27. The molecule has 0 spiro atoms. The van der Waals surface area contributed by atoms with Crippen molar-refractivity contribution >= 4 is 5.91 Å². The lowest BCUT2D eigenvalue weighted by atomic mass is 9.79. The number of ether oxygens (including phenoxy) is 1. The van der Waals surface area contributed by atoms with Crippen molar-refractivity contribution in [1.29, 1.82) is 0 Å². The molecule has 1 amide bonds. The topological polar surface area (TPSA) is 77.0 Å². The maximum atomic E-state index is 13.3. The first-order valence-corrected chi connectivity index (χ1v) is 11.4. The van der Waals surface area contributed by atoms with Gasteiger partial charge in [-0.2, -0.15) is 0 Å². The third-order valence-electron chi connectivity index (χ3n) is 6.21. The number of amides is 1. The average molecular weight is 449 g/mol. The molecule has 0 aliphatic heterocycles. The van der Waals surface area contributed by atoms with E-state index in [2.05, 4.69) is 15.3 Å². The summed E-state index contributed by atoms with van der Waals surface area (Å²) in [4.78, 5) is 25.8. The van der Waals surface area contributed by atoms with Crippen LogP contribution in [0.1, 0.15) is 50.0 Å². The van der Waals surface area contributed by atoms with Crippen LogP contribution in [0.4, 0.5) is 4.39 Å². The number of hydrogen-bond donors (Lipinski definition) is 1. The van der Waals surface area contributed by atoms with Crippen molar-refractivity contribution in [2.75, 3.05) is 6.54 Å². The number of rotatable bonds is 7. The predicted octanol–water partition coefficient (Wildman–Crippen LogP) is 4.84. The van der Waals surface area contributed by atoms with E-state index in [0.29, 0.717) is 24.1 Å². The summed E-state index contributed by atoms with van der Waals surface area (Å²) in [7, 11) is 0.